The Morgan fingerprint density at radius 3 is 2.28 bits per heavy atom. The second-order valence-corrected chi connectivity index (χ2v) is 5.36. The number of benzene rings is 1. The molecular formula is C14H19ClN2O. The SMILES string of the molecule is Clc1ccc(N2CCOCC2)c(N2CCCC2)c1. The van der Waals surface area contributed by atoms with Crippen LogP contribution >= 0.6 is 11.6 Å². The molecule has 0 unspecified atom stereocenters. The van der Waals surface area contributed by atoms with E-state index in [2.05, 4.69) is 21.9 Å². The highest BCUT2D eigenvalue weighted by Crippen LogP contribution is 2.34. The quantitative estimate of drug-likeness (QED) is 0.819. The molecule has 0 aliphatic carbocycles. The van der Waals surface area contributed by atoms with E-state index in [0.717, 1.165) is 44.4 Å². The number of ether oxygens (including phenoxy) is 1. The Labute approximate surface area is 113 Å². The van der Waals surface area contributed by atoms with Crippen molar-refractivity contribution in [2.75, 3.05) is 49.2 Å². The average Bonchev–Trinajstić information content (AvgIpc) is 2.93. The van der Waals surface area contributed by atoms with E-state index in [-0.39, 0.29) is 0 Å². The number of hydrogen-bond donors (Lipinski definition) is 0. The third-order valence-electron chi connectivity index (χ3n) is 3.74. The van der Waals surface area contributed by atoms with Crippen molar-refractivity contribution >= 4 is 23.0 Å². The summed E-state index contributed by atoms with van der Waals surface area (Å²) in [6.07, 6.45) is 2.57. The molecule has 3 rings (SSSR count). The minimum absolute atomic E-state index is 0.821. The van der Waals surface area contributed by atoms with Crippen LogP contribution in [0.1, 0.15) is 12.8 Å². The van der Waals surface area contributed by atoms with Gasteiger partial charge in [-0.15, -0.1) is 0 Å². The van der Waals surface area contributed by atoms with Crippen molar-refractivity contribution in [1.82, 2.24) is 0 Å². The van der Waals surface area contributed by atoms with E-state index in [1.165, 1.54) is 24.2 Å². The number of hydrogen-bond acceptors (Lipinski definition) is 3. The molecule has 3 nitrogen and oxygen atoms in total. The first-order valence-electron chi connectivity index (χ1n) is 6.72. The predicted molar refractivity (Wildman–Crippen MR) is 75.9 cm³/mol. The van der Waals surface area contributed by atoms with Crippen LogP contribution in [0.4, 0.5) is 11.4 Å². The molecule has 2 saturated heterocycles. The largest absolute Gasteiger partial charge is 0.378 e. The van der Waals surface area contributed by atoms with Crippen LogP contribution in [0.3, 0.4) is 0 Å². The van der Waals surface area contributed by atoms with Gasteiger partial charge in [0.05, 0.1) is 24.6 Å². The summed E-state index contributed by atoms with van der Waals surface area (Å²) in [6, 6.07) is 6.25. The Morgan fingerprint density at radius 1 is 0.889 bits per heavy atom. The van der Waals surface area contributed by atoms with Crippen LogP contribution in [-0.2, 0) is 4.74 Å². The van der Waals surface area contributed by atoms with Crippen LogP contribution in [-0.4, -0.2) is 39.4 Å². The molecule has 2 aliphatic rings. The molecule has 0 amide bonds. The van der Waals surface area contributed by atoms with E-state index >= 15 is 0 Å². The molecule has 1 aromatic carbocycles. The maximum atomic E-state index is 6.16. The number of rotatable bonds is 2. The molecule has 0 N–H and O–H groups in total. The molecule has 2 heterocycles. The van der Waals surface area contributed by atoms with Gasteiger partial charge in [-0.2, -0.15) is 0 Å². The predicted octanol–water partition coefficient (Wildman–Crippen LogP) is 2.78. The second kappa shape index (κ2) is 5.37. The normalized spacial score (nSPS) is 20.5. The standard InChI is InChI=1S/C14H19ClN2O/c15-12-3-4-13(17-7-9-18-10-8-17)14(11-12)16-5-1-2-6-16/h3-4,11H,1-2,5-10H2. The molecule has 0 bridgehead atoms. The number of halogens is 1. The Balaban J connectivity index is 1.91. The van der Waals surface area contributed by atoms with Gasteiger partial charge in [-0.3, -0.25) is 0 Å². The van der Waals surface area contributed by atoms with Crippen molar-refractivity contribution in [2.45, 2.75) is 12.8 Å². The van der Waals surface area contributed by atoms with Gasteiger partial charge in [0.1, 0.15) is 0 Å². The molecule has 98 valence electrons. The fraction of sp³-hybridized carbons (Fsp3) is 0.571. The molecule has 0 spiro atoms. The zero-order chi connectivity index (χ0) is 12.4. The topological polar surface area (TPSA) is 15.7 Å². The van der Waals surface area contributed by atoms with E-state index in [4.69, 9.17) is 16.3 Å². The molecule has 1 aromatic rings. The molecule has 0 saturated carbocycles. The van der Waals surface area contributed by atoms with Crippen molar-refractivity contribution < 1.29 is 4.74 Å². The Kier molecular flexibility index (Phi) is 3.62. The van der Waals surface area contributed by atoms with Crippen LogP contribution in [0.15, 0.2) is 18.2 Å². The summed E-state index contributed by atoms with van der Waals surface area (Å²) < 4.78 is 5.43. The van der Waals surface area contributed by atoms with Gasteiger partial charge in [0.25, 0.3) is 0 Å². The van der Waals surface area contributed by atoms with Gasteiger partial charge in [0.2, 0.25) is 0 Å². The summed E-state index contributed by atoms with van der Waals surface area (Å²) in [5, 5.41) is 0.828. The highest BCUT2D eigenvalue weighted by Gasteiger charge is 2.20. The van der Waals surface area contributed by atoms with Gasteiger partial charge < -0.3 is 14.5 Å². The zero-order valence-corrected chi connectivity index (χ0v) is 11.3. The van der Waals surface area contributed by atoms with E-state index in [1.54, 1.807) is 0 Å². The highest BCUT2D eigenvalue weighted by molar-refractivity contribution is 6.31. The summed E-state index contributed by atoms with van der Waals surface area (Å²) in [4.78, 5) is 4.87. The minimum atomic E-state index is 0.821. The lowest BCUT2D eigenvalue weighted by Crippen LogP contribution is -2.37. The molecule has 0 aromatic heterocycles. The van der Waals surface area contributed by atoms with Gasteiger partial charge in [-0.1, -0.05) is 11.6 Å². The molecule has 0 radical (unpaired) electrons. The van der Waals surface area contributed by atoms with Crippen LogP contribution in [0.25, 0.3) is 0 Å². The first-order chi connectivity index (χ1) is 8.84. The van der Waals surface area contributed by atoms with E-state index < -0.39 is 0 Å². The highest BCUT2D eigenvalue weighted by atomic mass is 35.5. The average molecular weight is 267 g/mol. The smallest absolute Gasteiger partial charge is 0.0642 e. The number of morpholine rings is 1. The van der Waals surface area contributed by atoms with Crippen molar-refractivity contribution in [2.24, 2.45) is 0 Å². The zero-order valence-electron chi connectivity index (χ0n) is 10.6. The number of nitrogens with zero attached hydrogens (tertiary/aromatic N) is 2. The first kappa shape index (κ1) is 12.1. The third kappa shape index (κ3) is 2.43. The Morgan fingerprint density at radius 2 is 1.56 bits per heavy atom. The van der Waals surface area contributed by atoms with Crippen molar-refractivity contribution in [1.29, 1.82) is 0 Å². The van der Waals surface area contributed by atoms with Gasteiger partial charge in [0.15, 0.2) is 0 Å². The summed E-state index contributed by atoms with van der Waals surface area (Å²) >= 11 is 6.16. The van der Waals surface area contributed by atoms with E-state index in [1.807, 2.05) is 6.07 Å². The fourth-order valence-electron chi connectivity index (χ4n) is 2.78. The number of anilines is 2. The summed E-state index contributed by atoms with van der Waals surface area (Å²) in [5.41, 5.74) is 2.60. The lowest BCUT2D eigenvalue weighted by atomic mass is 10.2. The van der Waals surface area contributed by atoms with Crippen LogP contribution in [0.2, 0.25) is 5.02 Å². The van der Waals surface area contributed by atoms with E-state index in [9.17, 15) is 0 Å². The van der Waals surface area contributed by atoms with Gasteiger partial charge in [-0.25, -0.2) is 0 Å². The van der Waals surface area contributed by atoms with E-state index in [0.29, 0.717) is 0 Å². The maximum absolute atomic E-state index is 6.16. The monoisotopic (exact) mass is 266 g/mol. The summed E-state index contributed by atoms with van der Waals surface area (Å²) in [7, 11) is 0. The minimum Gasteiger partial charge on any atom is -0.378 e. The molecule has 2 fully saturated rings. The Hall–Kier alpha value is -0.930. The Bertz CT molecular complexity index is 412. The first-order valence-corrected chi connectivity index (χ1v) is 7.09. The van der Waals surface area contributed by atoms with Crippen LogP contribution < -0.4 is 9.80 Å². The molecular weight excluding hydrogens is 248 g/mol. The lowest BCUT2D eigenvalue weighted by molar-refractivity contribution is 0.122. The van der Waals surface area contributed by atoms with Crippen LogP contribution in [0, 0.1) is 0 Å². The van der Waals surface area contributed by atoms with Crippen molar-refractivity contribution in [3.05, 3.63) is 23.2 Å². The maximum Gasteiger partial charge on any atom is 0.0642 e. The third-order valence-corrected chi connectivity index (χ3v) is 3.97. The van der Waals surface area contributed by atoms with Gasteiger partial charge >= 0.3 is 0 Å². The molecule has 2 aliphatic heterocycles. The van der Waals surface area contributed by atoms with Crippen molar-refractivity contribution in [3.8, 4) is 0 Å². The molecule has 0 atom stereocenters. The molecule has 4 heteroatoms. The fourth-order valence-corrected chi connectivity index (χ4v) is 2.95. The van der Waals surface area contributed by atoms with Gasteiger partial charge in [-0.05, 0) is 31.0 Å². The van der Waals surface area contributed by atoms with Crippen LogP contribution in [0.5, 0.6) is 0 Å². The second-order valence-electron chi connectivity index (χ2n) is 4.93. The molecule has 18 heavy (non-hydrogen) atoms. The summed E-state index contributed by atoms with van der Waals surface area (Å²) in [5.74, 6) is 0. The van der Waals surface area contributed by atoms with Gasteiger partial charge in [0, 0.05) is 31.2 Å². The summed E-state index contributed by atoms with van der Waals surface area (Å²) in [6.45, 7) is 5.89. The van der Waals surface area contributed by atoms with Crippen molar-refractivity contribution in [3.63, 3.8) is 0 Å². The lowest BCUT2D eigenvalue weighted by Gasteiger charge is -2.33.